The maximum atomic E-state index is 12.8. The molecule has 1 aromatic carbocycles. The zero-order chi connectivity index (χ0) is 18.1. The van der Waals surface area contributed by atoms with Gasteiger partial charge in [0.15, 0.2) is 0 Å². The molecule has 2 N–H and O–H groups in total. The van der Waals surface area contributed by atoms with Crippen LogP contribution in [0.1, 0.15) is 12.5 Å². The van der Waals surface area contributed by atoms with E-state index in [0.29, 0.717) is 17.4 Å². The minimum atomic E-state index is -4.74. The Balaban J connectivity index is 2.29. The molecule has 24 heavy (non-hydrogen) atoms. The molecule has 0 radical (unpaired) electrons. The molecule has 0 unspecified atom stereocenters. The Morgan fingerprint density at radius 2 is 1.96 bits per heavy atom. The van der Waals surface area contributed by atoms with Gasteiger partial charge in [-0.05, 0) is 18.2 Å². The average molecular weight is 401 g/mol. The van der Waals surface area contributed by atoms with Crippen molar-refractivity contribution in [3.8, 4) is 0 Å². The summed E-state index contributed by atoms with van der Waals surface area (Å²) in [5.74, 6) is -0.476. The van der Waals surface area contributed by atoms with Gasteiger partial charge < -0.3 is 5.32 Å². The molecular formula is C11H8ClF3N4O3S2. The second-order valence-corrected chi connectivity index (χ2v) is 7.59. The standard InChI is InChI=1S/C11H8ClF3N4O3S2/c1-5(20)16-9-17-18-10(23-9)24(21,22)19-6-2-3-8(12)7(4-6)11(13,14)15/h2-4,19H,1H3,(H,16,17,20). The number of carbonyl (C=O) groups is 1. The van der Waals surface area contributed by atoms with Gasteiger partial charge in [0.05, 0.1) is 10.6 Å². The summed E-state index contributed by atoms with van der Waals surface area (Å²) in [6.45, 7) is 1.19. The predicted molar refractivity (Wildman–Crippen MR) is 81.5 cm³/mol. The molecule has 2 rings (SSSR count). The quantitative estimate of drug-likeness (QED) is 0.768. The fourth-order valence-electron chi connectivity index (χ4n) is 1.52. The highest BCUT2D eigenvalue weighted by Crippen LogP contribution is 2.36. The number of halogens is 4. The smallest absolute Gasteiger partial charge is 0.301 e. The number of nitrogens with zero attached hydrogens (tertiary/aromatic N) is 2. The van der Waals surface area contributed by atoms with E-state index in [9.17, 15) is 26.4 Å². The summed E-state index contributed by atoms with van der Waals surface area (Å²) < 4.78 is 64.0. The molecule has 0 aliphatic heterocycles. The van der Waals surface area contributed by atoms with Crippen LogP contribution in [0.4, 0.5) is 24.0 Å². The van der Waals surface area contributed by atoms with Crippen molar-refractivity contribution < 1.29 is 26.4 Å². The largest absolute Gasteiger partial charge is 0.417 e. The Hall–Kier alpha value is -1.92. The van der Waals surface area contributed by atoms with E-state index in [4.69, 9.17) is 11.6 Å². The number of nitrogens with one attached hydrogen (secondary N) is 2. The molecule has 0 spiro atoms. The molecule has 0 saturated heterocycles. The number of rotatable bonds is 4. The van der Waals surface area contributed by atoms with Crippen LogP contribution in [-0.4, -0.2) is 24.5 Å². The van der Waals surface area contributed by atoms with Gasteiger partial charge in [0, 0.05) is 12.6 Å². The predicted octanol–water partition coefficient (Wildman–Crippen LogP) is 2.97. The Labute approximate surface area is 142 Å². The maximum Gasteiger partial charge on any atom is 0.417 e. The molecular weight excluding hydrogens is 393 g/mol. The van der Waals surface area contributed by atoms with Crippen molar-refractivity contribution in [1.82, 2.24) is 10.2 Å². The highest BCUT2D eigenvalue weighted by molar-refractivity contribution is 7.94. The Bertz CT molecular complexity index is 883. The Morgan fingerprint density at radius 3 is 2.54 bits per heavy atom. The Kier molecular flexibility index (Phi) is 5.01. The van der Waals surface area contributed by atoms with Crippen molar-refractivity contribution in [3.63, 3.8) is 0 Å². The van der Waals surface area contributed by atoms with Gasteiger partial charge >= 0.3 is 6.18 Å². The lowest BCUT2D eigenvalue weighted by Crippen LogP contribution is -2.14. The van der Waals surface area contributed by atoms with Gasteiger partial charge in [0.25, 0.3) is 14.4 Å². The molecule has 1 amide bonds. The summed E-state index contributed by atoms with van der Waals surface area (Å²) in [5, 5.41) is 8.46. The van der Waals surface area contributed by atoms with Crippen molar-refractivity contribution in [2.45, 2.75) is 17.4 Å². The van der Waals surface area contributed by atoms with Crippen molar-refractivity contribution >= 4 is 49.7 Å². The van der Waals surface area contributed by atoms with Crippen LogP contribution < -0.4 is 10.0 Å². The van der Waals surface area contributed by atoms with Crippen LogP contribution in [0.15, 0.2) is 22.5 Å². The van der Waals surface area contributed by atoms with Gasteiger partial charge in [-0.25, -0.2) is 0 Å². The van der Waals surface area contributed by atoms with Crippen LogP contribution >= 0.6 is 22.9 Å². The molecule has 0 saturated carbocycles. The number of hydrogen-bond acceptors (Lipinski definition) is 6. The SMILES string of the molecule is CC(=O)Nc1nnc(S(=O)(=O)Nc2ccc(Cl)c(C(F)(F)F)c2)s1. The normalized spacial score (nSPS) is 12.0. The van der Waals surface area contributed by atoms with Crippen LogP contribution in [0, 0.1) is 0 Å². The van der Waals surface area contributed by atoms with Crippen LogP contribution in [0.3, 0.4) is 0 Å². The molecule has 0 aliphatic carbocycles. The fourth-order valence-corrected chi connectivity index (χ4v) is 3.75. The van der Waals surface area contributed by atoms with E-state index in [-0.39, 0.29) is 10.8 Å². The second kappa shape index (κ2) is 6.53. The third-order valence-corrected chi connectivity index (χ3v) is 5.36. The molecule has 13 heteroatoms. The first-order valence-electron chi connectivity index (χ1n) is 6.00. The minimum absolute atomic E-state index is 0.0602. The molecule has 0 fully saturated rings. The summed E-state index contributed by atoms with van der Waals surface area (Å²) in [4.78, 5) is 10.9. The zero-order valence-corrected chi connectivity index (χ0v) is 14.1. The molecule has 0 atom stereocenters. The number of benzene rings is 1. The lowest BCUT2D eigenvalue weighted by atomic mass is 10.2. The van der Waals surface area contributed by atoms with Gasteiger partial charge in [0.1, 0.15) is 0 Å². The summed E-state index contributed by atoms with van der Waals surface area (Å²) in [5.41, 5.74) is -1.52. The summed E-state index contributed by atoms with van der Waals surface area (Å²) in [6.07, 6.45) is -4.74. The van der Waals surface area contributed by atoms with Crippen LogP contribution in [0.25, 0.3) is 0 Å². The third-order valence-electron chi connectivity index (χ3n) is 2.44. The summed E-state index contributed by atoms with van der Waals surface area (Å²) in [7, 11) is -4.27. The lowest BCUT2D eigenvalue weighted by Gasteiger charge is -2.11. The third kappa shape index (κ3) is 4.33. The second-order valence-electron chi connectivity index (χ2n) is 4.35. The monoisotopic (exact) mass is 400 g/mol. The highest BCUT2D eigenvalue weighted by Gasteiger charge is 2.34. The molecule has 2 aromatic rings. The maximum absolute atomic E-state index is 12.8. The highest BCUT2D eigenvalue weighted by atomic mass is 35.5. The lowest BCUT2D eigenvalue weighted by molar-refractivity contribution is -0.137. The van der Waals surface area contributed by atoms with E-state index in [0.717, 1.165) is 12.1 Å². The van der Waals surface area contributed by atoms with Crippen LogP contribution in [-0.2, 0) is 21.0 Å². The van der Waals surface area contributed by atoms with Gasteiger partial charge in [-0.2, -0.15) is 21.6 Å². The Morgan fingerprint density at radius 1 is 1.29 bits per heavy atom. The molecule has 1 heterocycles. The number of anilines is 2. The van der Waals surface area contributed by atoms with Crippen molar-refractivity contribution in [1.29, 1.82) is 0 Å². The van der Waals surface area contributed by atoms with Gasteiger partial charge in [-0.3, -0.25) is 9.52 Å². The average Bonchev–Trinajstić information content (AvgIpc) is 2.88. The number of alkyl halides is 3. The minimum Gasteiger partial charge on any atom is -0.301 e. The van der Waals surface area contributed by atoms with Crippen molar-refractivity contribution in [2.24, 2.45) is 0 Å². The summed E-state index contributed by atoms with van der Waals surface area (Å²) >= 11 is 6.01. The first-order chi connectivity index (χ1) is 11.0. The van der Waals surface area contributed by atoms with E-state index in [1.165, 1.54) is 6.92 Å². The fraction of sp³-hybridized carbons (Fsp3) is 0.182. The first-order valence-corrected chi connectivity index (χ1v) is 8.67. The molecule has 7 nitrogen and oxygen atoms in total. The van der Waals surface area contributed by atoms with Gasteiger partial charge in [-0.1, -0.05) is 22.9 Å². The number of hydrogen-bond donors (Lipinski definition) is 2. The zero-order valence-electron chi connectivity index (χ0n) is 11.7. The van der Waals surface area contributed by atoms with Crippen LogP contribution in [0.2, 0.25) is 5.02 Å². The summed E-state index contributed by atoms with van der Waals surface area (Å²) in [6, 6.07) is 2.56. The van der Waals surface area contributed by atoms with E-state index < -0.39 is 37.0 Å². The van der Waals surface area contributed by atoms with E-state index in [1.807, 2.05) is 4.72 Å². The number of aromatic nitrogens is 2. The number of amides is 1. The van der Waals surface area contributed by atoms with Gasteiger partial charge in [0.2, 0.25) is 11.0 Å². The van der Waals surface area contributed by atoms with Crippen LogP contribution in [0.5, 0.6) is 0 Å². The molecule has 130 valence electrons. The number of sulfonamides is 1. The van der Waals surface area contributed by atoms with Gasteiger partial charge in [-0.15, -0.1) is 10.2 Å². The van der Waals surface area contributed by atoms with E-state index >= 15 is 0 Å². The number of carbonyl (C=O) groups excluding carboxylic acids is 1. The van der Waals surface area contributed by atoms with Crippen molar-refractivity contribution in [2.75, 3.05) is 10.0 Å². The molecule has 0 aliphatic rings. The topological polar surface area (TPSA) is 101 Å². The molecule has 1 aromatic heterocycles. The van der Waals surface area contributed by atoms with E-state index in [1.54, 1.807) is 0 Å². The van der Waals surface area contributed by atoms with E-state index in [2.05, 4.69) is 15.5 Å². The molecule has 0 bridgehead atoms. The van der Waals surface area contributed by atoms with Crippen molar-refractivity contribution in [3.05, 3.63) is 28.8 Å². The first kappa shape index (κ1) is 18.4.